The number of unbranched alkanes of at least 4 members (excludes halogenated alkanes) is 17. The molecule has 0 heterocycles. The van der Waals surface area contributed by atoms with E-state index in [9.17, 15) is 43.2 Å². The highest BCUT2D eigenvalue weighted by Gasteiger charge is 2.30. The zero-order valence-corrected chi connectivity index (χ0v) is 39.4. The highest BCUT2D eigenvalue weighted by molar-refractivity contribution is 7.47. The molecule has 0 amide bonds. The van der Waals surface area contributed by atoms with E-state index in [1.54, 1.807) is 0 Å². The Morgan fingerprint density at radius 3 is 1.02 bits per heavy atom. The number of aliphatic hydroxyl groups is 1. The zero-order chi connectivity index (χ0) is 45.6. The van der Waals surface area contributed by atoms with Gasteiger partial charge in [-0.05, 0) is 25.7 Å². The molecule has 0 saturated heterocycles. The predicted molar refractivity (Wildman–Crippen MR) is 229 cm³/mol. The minimum atomic E-state index is -4.90. The van der Waals surface area contributed by atoms with Crippen molar-refractivity contribution in [1.29, 1.82) is 0 Å². The number of esters is 4. The summed E-state index contributed by atoms with van der Waals surface area (Å²) in [6, 6.07) is 0. The molecule has 5 atom stereocenters. The van der Waals surface area contributed by atoms with Crippen LogP contribution in [0.2, 0.25) is 0 Å². The van der Waals surface area contributed by atoms with Gasteiger partial charge in [-0.1, -0.05) is 137 Å². The van der Waals surface area contributed by atoms with E-state index in [0.29, 0.717) is 25.7 Å². The van der Waals surface area contributed by atoms with Crippen LogP contribution in [0.15, 0.2) is 0 Å². The normalized spacial score (nSPS) is 14.9. The lowest BCUT2D eigenvalue weighted by Crippen LogP contribution is -2.30. The van der Waals surface area contributed by atoms with Crippen LogP contribution in [-0.2, 0) is 65.4 Å². The minimum Gasteiger partial charge on any atom is -0.462 e. The molecule has 19 heteroatoms. The van der Waals surface area contributed by atoms with Crippen molar-refractivity contribution in [3.63, 3.8) is 0 Å². The van der Waals surface area contributed by atoms with E-state index in [2.05, 4.69) is 20.8 Å². The molecule has 17 nitrogen and oxygen atoms in total. The Morgan fingerprint density at radius 1 is 0.393 bits per heavy atom. The molecule has 2 unspecified atom stereocenters. The molecule has 0 bridgehead atoms. The van der Waals surface area contributed by atoms with Crippen molar-refractivity contribution < 1.29 is 80.2 Å². The molecular formula is C42H80O17P2. The third kappa shape index (κ3) is 38.3. The first kappa shape index (κ1) is 59.1. The zero-order valence-electron chi connectivity index (χ0n) is 37.6. The third-order valence-electron chi connectivity index (χ3n) is 9.35. The Kier molecular flexibility index (Phi) is 37.3. The SMILES string of the molecule is CCCCCCCCCC(=O)OC[C@H](COP(=O)(O)OC[C@H](O)COP(=O)(O)OC[C@@H](COC(=O)CCCCCCC)OC(=O)CCCCCCCCC)OC(=O)CCCC. The summed E-state index contributed by atoms with van der Waals surface area (Å²) in [5.74, 6) is -2.22. The Hall–Kier alpha value is -1.94. The summed E-state index contributed by atoms with van der Waals surface area (Å²) in [4.78, 5) is 70.0. The second-order valence-corrected chi connectivity index (χ2v) is 18.3. The van der Waals surface area contributed by atoms with Crippen molar-refractivity contribution >= 4 is 39.5 Å². The van der Waals surface area contributed by atoms with Gasteiger partial charge in [0.05, 0.1) is 26.4 Å². The standard InChI is InChI=1S/C42H80O17P2/c1-5-9-13-16-18-21-24-28-40(45)52-32-37(58-41(46)26-12-8-4)34-56-60(48,49)54-30-36(43)31-55-61(50,51)57-35-38(33-53-39(44)27-23-20-15-11-7-3)59-42(47)29-25-22-19-17-14-10-6-2/h36-38,43H,5-35H2,1-4H3,(H,48,49)(H,50,51)/t36-,37+,38+/m0/s1. The number of hydrogen-bond acceptors (Lipinski definition) is 15. The van der Waals surface area contributed by atoms with Crippen LogP contribution in [0.25, 0.3) is 0 Å². The molecular weight excluding hydrogens is 838 g/mol. The first-order chi connectivity index (χ1) is 29.2. The van der Waals surface area contributed by atoms with E-state index in [1.165, 1.54) is 6.42 Å². The van der Waals surface area contributed by atoms with Crippen LogP contribution in [0.5, 0.6) is 0 Å². The quantitative estimate of drug-likeness (QED) is 0.0223. The van der Waals surface area contributed by atoms with Crippen molar-refractivity contribution in [3.8, 4) is 0 Å². The van der Waals surface area contributed by atoms with Crippen LogP contribution in [-0.4, -0.2) is 96.7 Å². The number of hydrogen-bond donors (Lipinski definition) is 3. The van der Waals surface area contributed by atoms with Gasteiger partial charge in [-0.15, -0.1) is 0 Å². The second-order valence-electron chi connectivity index (χ2n) is 15.4. The fourth-order valence-corrected chi connectivity index (χ4v) is 7.30. The van der Waals surface area contributed by atoms with Crippen molar-refractivity contribution in [1.82, 2.24) is 0 Å². The van der Waals surface area contributed by atoms with E-state index < -0.39 is 97.5 Å². The predicted octanol–water partition coefficient (Wildman–Crippen LogP) is 9.36. The lowest BCUT2D eigenvalue weighted by molar-refractivity contribution is -0.161. The van der Waals surface area contributed by atoms with Crippen molar-refractivity contribution in [2.75, 3.05) is 39.6 Å². The fraction of sp³-hybridized carbons (Fsp3) is 0.905. The number of carbonyl (C=O) groups excluding carboxylic acids is 4. The van der Waals surface area contributed by atoms with Crippen LogP contribution in [0, 0.1) is 0 Å². The summed E-state index contributed by atoms with van der Waals surface area (Å²) in [7, 11) is -9.80. The molecule has 0 aliphatic rings. The topological polar surface area (TPSA) is 237 Å². The number of rotatable bonds is 43. The summed E-state index contributed by atoms with van der Waals surface area (Å²) in [5.41, 5.74) is 0. The molecule has 0 aliphatic heterocycles. The molecule has 0 aromatic carbocycles. The number of ether oxygens (including phenoxy) is 4. The second kappa shape index (κ2) is 38.5. The third-order valence-corrected chi connectivity index (χ3v) is 11.3. The highest BCUT2D eigenvalue weighted by Crippen LogP contribution is 2.45. The minimum absolute atomic E-state index is 0.0781. The Labute approximate surface area is 365 Å². The van der Waals surface area contributed by atoms with Gasteiger partial charge in [0.2, 0.25) is 0 Å². The summed E-state index contributed by atoms with van der Waals surface area (Å²) in [6.45, 7) is 4.26. The van der Waals surface area contributed by atoms with Gasteiger partial charge in [-0.3, -0.25) is 37.3 Å². The summed E-state index contributed by atoms with van der Waals surface area (Å²) >= 11 is 0. The lowest BCUT2D eigenvalue weighted by Gasteiger charge is -2.21. The summed E-state index contributed by atoms with van der Waals surface area (Å²) in [6.07, 6.45) is 16.2. The van der Waals surface area contributed by atoms with E-state index >= 15 is 0 Å². The first-order valence-electron chi connectivity index (χ1n) is 22.8. The van der Waals surface area contributed by atoms with Crippen LogP contribution >= 0.6 is 15.6 Å². The fourth-order valence-electron chi connectivity index (χ4n) is 5.72. The molecule has 61 heavy (non-hydrogen) atoms. The van der Waals surface area contributed by atoms with Crippen LogP contribution in [0.3, 0.4) is 0 Å². The smallest absolute Gasteiger partial charge is 0.462 e. The van der Waals surface area contributed by atoms with Gasteiger partial charge in [0.25, 0.3) is 0 Å². The van der Waals surface area contributed by atoms with Crippen LogP contribution < -0.4 is 0 Å². The molecule has 0 aliphatic carbocycles. The Balaban J connectivity index is 5.03. The molecule has 0 saturated carbocycles. The van der Waals surface area contributed by atoms with Gasteiger partial charge in [0, 0.05) is 25.7 Å². The molecule has 360 valence electrons. The molecule has 0 spiro atoms. The Morgan fingerprint density at radius 2 is 0.672 bits per heavy atom. The maximum Gasteiger partial charge on any atom is 0.472 e. The highest BCUT2D eigenvalue weighted by atomic mass is 31.2. The maximum atomic E-state index is 12.7. The molecule has 3 N–H and O–H groups in total. The van der Waals surface area contributed by atoms with E-state index in [-0.39, 0.29) is 25.7 Å². The largest absolute Gasteiger partial charge is 0.472 e. The van der Waals surface area contributed by atoms with Crippen molar-refractivity contribution in [2.45, 2.75) is 207 Å². The van der Waals surface area contributed by atoms with Gasteiger partial charge in [-0.2, -0.15) is 0 Å². The van der Waals surface area contributed by atoms with Crippen LogP contribution in [0.1, 0.15) is 188 Å². The average molecular weight is 919 g/mol. The van der Waals surface area contributed by atoms with Gasteiger partial charge in [-0.25, -0.2) is 9.13 Å². The van der Waals surface area contributed by atoms with E-state index in [0.717, 1.165) is 103 Å². The van der Waals surface area contributed by atoms with Crippen molar-refractivity contribution in [2.24, 2.45) is 0 Å². The monoisotopic (exact) mass is 918 g/mol. The van der Waals surface area contributed by atoms with E-state index in [1.807, 2.05) is 6.92 Å². The summed E-state index contributed by atoms with van der Waals surface area (Å²) < 4.78 is 66.1. The average Bonchev–Trinajstić information content (AvgIpc) is 3.22. The van der Waals surface area contributed by atoms with Gasteiger partial charge < -0.3 is 33.8 Å². The molecule has 0 rings (SSSR count). The molecule has 0 aromatic rings. The number of aliphatic hydroxyl groups excluding tert-OH is 1. The number of phosphoric ester groups is 2. The molecule has 0 fully saturated rings. The molecule has 0 aromatic heterocycles. The Bertz CT molecular complexity index is 1240. The number of phosphoric acid groups is 2. The lowest BCUT2D eigenvalue weighted by atomic mass is 10.1. The summed E-state index contributed by atoms with van der Waals surface area (Å²) in [5, 5.41) is 10.3. The number of carbonyl (C=O) groups is 4. The van der Waals surface area contributed by atoms with Gasteiger partial charge in [0.15, 0.2) is 12.2 Å². The molecule has 0 radical (unpaired) electrons. The van der Waals surface area contributed by atoms with Gasteiger partial charge in [0.1, 0.15) is 19.3 Å². The van der Waals surface area contributed by atoms with Gasteiger partial charge >= 0.3 is 39.5 Å². The maximum absolute atomic E-state index is 12.7. The van der Waals surface area contributed by atoms with E-state index in [4.69, 9.17) is 37.0 Å². The van der Waals surface area contributed by atoms with Crippen LogP contribution in [0.4, 0.5) is 0 Å². The van der Waals surface area contributed by atoms with Crippen molar-refractivity contribution in [3.05, 3.63) is 0 Å². The first-order valence-corrected chi connectivity index (χ1v) is 25.8.